The zero-order valence-corrected chi connectivity index (χ0v) is 17.2. The van der Waals surface area contributed by atoms with Crippen molar-refractivity contribution in [2.24, 2.45) is 17.3 Å². The molecular weight excluding hydrogens is 416 g/mol. The van der Waals surface area contributed by atoms with Crippen molar-refractivity contribution in [1.82, 2.24) is 0 Å². The SMILES string of the molecule is CC1(C)[C@@H](C=C(Cl)Cl)[C@@H]1C(=O)O[C@H](C#N)c1ccc(F)c(Oc2ccccc2)c1. The van der Waals surface area contributed by atoms with Crippen molar-refractivity contribution >= 4 is 29.2 Å². The van der Waals surface area contributed by atoms with Crippen LogP contribution >= 0.6 is 23.2 Å². The number of carbonyl (C=O) groups excluding carboxylic acids is 1. The number of nitriles is 1. The number of nitrogens with zero attached hydrogens (tertiary/aromatic N) is 1. The second-order valence-electron chi connectivity index (χ2n) is 7.33. The Labute approximate surface area is 178 Å². The van der Waals surface area contributed by atoms with Crippen LogP contribution in [0.15, 0.2) is 59.1 Å². The van der Waals surface area contributed by atoms with Crippen LogP contribution in [-0.2, 0) is 9.53 Å². The number of benzene rings is 2. The molecule has 0 spiro atoms. The zero-order valence-electron chi connectivity index (χ0n) is 15.7. The van der Waals surface area contributed by atoms with Crippen molar-refractivity contribution in [2.45, 2.75) is 20.0 Å². The van der Waals surface area contributed by atoms with Gasteiger partial charge in [0.2, 0.25) is 6.10 Å². The molecule has 0 aromatic heterocycles. The second kappa shape index (κ2) is 8.44. The van der Waals surface area contributed by atoms with Crippen molar-refractivity contribution in [1.29, 1.82) is 5.26 Å². The molecule has 1 aliphatic carbocycles. The number of rotatable bonds is 6. The molecule has 0 N–H and O–H groups in total. The molecule has 0 saturated heterocycles. The zero-order chi connectivity index (χ0) is 21.2. The van der Waals surface area contributed by atoms with E-state index in [4.69, 9.17) is 32.7 Å². The molecule has 0 heterocycles. The Bertz CT molecular complexity index is 981. The largest absolute Gasteiger partial charge is 0.454 e. The number of carbonyl (C=O) groups is 1. The van der Waals surface area contributed by atoms with Crippen molar-refractivity contribution in [3.05, 3.63) is 70.5 Å². The van der Waals surface area contributed by atoms with Crippen LogP contribution in [0.5, 0.6) is 11.5 Å². The predicted molar refractivity (Wildman–Crippen MR) is 108 cm³/mol. The maximum absolute atomic E-state index is 14.2. The number of allylic oxidation sites excluding steroid dienone is 1. The Morgan fingerprint density at radius 2 is 1.93 bits per heavy atom. The number of halogens is 3. The standard InChI is InChI=1S/C22H18Cl2FNO3/c1-22(2)15(11-19(23)24)20(22)21(27)29-18(12-26)13-8-9-16(25)17(10-13)28-14-6-4-3-5-7-14/h3-11,15,18,20H,1-2H3/t15-,18+,20+/m0/s1. The van der Waals surface area contributed by atoms with Gasteiger partial charge in [-0.25, -0.2) is 4.39 Å². The molecule has 1 fully saturated rings. The summed E-state index contributed by atoms with van der Waals surface area (Å²) in [6.45, 7) is 3.78. The van der Waals surface area contributed by atoms with E-state index in [1.165, 1.54) is 18.2 Å². The topological polar surface area (TPSA) is 59.3 Å². The fourth-order valence-corrected chi connectivity index (χ4v) is 3.58. The summed E-state index contributed by atoms with van der Waals surface area (Å²) in [5, 5.41) is 9.51. The minimum Gasteiger partial charge on any atom is -0.454 e. The van der Waals surface area contributed by atoms with E-state index in [-0.39, 0.29) is 21.6 Å². The van der Waals surface area contributed by atoms with Gasteiger partial charge >= 0.3 is 5.97 Å². The number of esters is 1. The first-order valence-corrected chi connectivity index (χ1v) is 9.65. The highest BCUT2D eigenvalue weighted by Gasteiger charge is 2.62. The molecule has 1 aliphatic rings. The van der Waals surface area contributed by atoms with E-state index in [1.807, 2.05) is 26.0 Å². The van der Waals surface area contributed by atoms with E-state index < -0.39 is 23.8 Å². The van der Waals surface area contributed by atoms with Crippen molar-refractivity contribution in [2.75, 3.05) is 0 Å². The van der Waals surface area contributed by atoms with Crippen LogP contribution < -0.4 is 4.74 Å². The lowest BCUT2D eigenvalue weighted by Crippen LogP contribution is -2.14. The lowest BCUT2D eigenvalue weighted by atomic mass is 10.1. The lowest BCUT2D eigenvalue weighted by Gasteiger charge is -2.14. The summed E-state index contributed by atoms with van der Waals surface area (Å²) < 4.78 is 25.2. The van der Waals surface area contributed by atoms with E-state index in [2.05, 4.69) is 0 Å². The van der Waals surface area contributed by atoms with Crippen LogP contribution in [-0.4, -0.2) is 5.97 Å². The van der Waals surface area contributed by atoms with Gasteiger partial charge in [-0.3, -0.25) is 4.79 Å². The van der Waals surface area contributed by atoms with E-state index in [0.717, 1.165) is 0 Å². The van der Waals surface area contributed by atoms with Gasteiger partial charge in [0.1, 0.15) is 16.3 Å². The van der Waals surface area contributed by atoms with E-state index in [1.54, 1.807) is 30.3 Å². The Hall–Kier alpha value is -2.55. The van der Waals surface area contributed by atoms with Crippen molar-refractivity contribution in [3.8, 4) is 17.6 Å². The molecule has 4 nitrogen and oxygen atoms in total. The van der Waals surface area contributed by atoms with Gasteiger partial charge in [0.05, 0.1) is 5.92 Å². The summed E-state index contributed by atoms with van der Waals surface area (Å²) >= 11 is 11.4. The molecule has 0 aliphatic heterocycles. The molecule has 0 radical (unpaired) electrons. The van der Waals surface area contributed by atoms with Gasteiger partial charge in [-0.05, 0) is 41.7 Å². The monoisotopic (exact) mass is 433 g/mol. The van der Waals surface area contributed by atoms with Gasteiger partial charge in [-0.1, -0.05) is 61.3 Å². The minimum atomic E-state index is -1.20. The first kappa shape index (κ1) is 21.2. The van der Waals surface area contributed by atoms with Crippen LogP contribution in [0.1, 0.15) is 25.5 Å². The molecule has 150 valence electrons. The maximum atomic E-state index is 14.2. The quantitative estimate of drug-likeness (QED) is 0.500. The Morgan fingerprint density at radius 1 is 1.24 bits per heavy atom. The number of hydrogen-bond donors (Lipinski definition) is 0. The Kier molecular flexibility index (Phi) is 6.16. The van der Waals surface area contributed by atoms with E-state index in [0.29, 0.717) is 11.3 Å². The minimum absolute atomic E-state index is 0.0634. The average molecular weight is 434 g/mol. The second-order valence-corrected chi connectivity index (χ2v) is 8.34. The molecule has 0 amide bonds. The van der Waals surface area contributed by atoms with Crippen LogP contribution in [0.4, 0.5) is 4.39 Å². The Balaban J connectivity index is 1.77. The highest BCUT2D eigenvalue weighted by atomic mass is 35.5. The molecule has 7 heteroatoms. The molecule has 29 heavy (non-hydrogen) atoms. The molecule has 3 rings (SSSR count). The number of para-hydroxylation sites is 1. The normalized spacial score (nSPS) is 20.1. The van der Waals surface area contributed by atoms with E-state index in [9.17, 15) is 14.4 Å². The predicted octanol–water partition coefficient (Wildman–Crippen LogP) is 6.32. The van der Waals surface area contributed by atoms with Crippen molar-refractivity contribution in [3.63, 3.8) is 0 Å². The molecule has 0 unspecified atom stereocenters. The van der Waals surface area contributed by atoms with Crippen LogP contribution in [0.3, 0.4) is 0 Å². The third kappa shape index (κ3) is 4.72. The van der Waals surface area contributed by atoms with Gasteiger partial charge in [0, 0.05) is 5.56 Å². The summed E-state index contributed by atoms with van der Waals surface area (Å²) in [4.78, 5) is 12.6. The summed E-state index contributed by atoms with van der Waals surface area (Å²) in [6.07, 6.45) is 0.397. The molecule has 0 bridgehead atoms. The van der Waals surface area contributed by atoms with Gasteiger partial charge in [0.15, 0.2) is 11.6 Å². The van der Waals surface area contributed by atoms with E-state index >= 15 is 0 Å². The summed E-state index contributed by atoms with van der Waals surface area (Å²) in [5.41, 5.74) is -0.0645. The Morgan fingerprint density at radius 3 is 2.55 bits per heavy atom. The molecule has 2 aromatic rings. The first-order valence-electron chi connectivity index (χ1n) is 8.89. The maximum Gasteiger partial charge on any atom is 0.311 e. The highest BCUT2D eigenvalue weighted by molar-refractivity contribution is 6.55. The first-order chi connectivity index (χ1) is 13.7. The molecule has 3 atom stereocenters. The lowest BCUT2D eigenvalue weighted by molar-refractivity contribution is -0.149. The van der Waals surface area contributed by atoms with Crippen molar-refractivity contribution < 1.29 is 18.7 Å². The smallest absolute Gasteiger partial charge is 0.311 e. The van der Waals surface area contributed by atoms with Crippen LogP contribution in [0, 0.1) is 34.4 Å². The molecule has 2 aromatic carbocycles. The molecular formula is C22H18Cl2FNO3. The van der Waals surface area contributed by atoms with Gasteiger partial charge in [-0.15, -0.1) is 0 Å². The number of ether oxygens (including phenoxy) is 2. The highest BCUT2D eigenvalue weighted by Crippen LogP contribution is 2.60. The summed E-state index contributed by atoms with van der Waals surface area (Å²) in [6, 6.07) is 14.5. The summed E-state index contributed by atoms with van der Waals surface area (Å²) in [7, 11) is 0. The average Bonchev–Trinajstić information content (AvgIpc) is 3.21. The van der Waals surface area contributed by atoms with Gasteiger partial charge in [0.25, 0.3) is 0 Å². The molecule has 1 saturated carbocycles. The third-order valence-electron chi connectivity index (χ3n) is 5.05. The van der Waals surface area contributed by atoms with Crippen LogP contribution in [0.2, 0.25) is 0 Å². The fourth-order valence-electron chi connectivity index (χ4n) is 3.31. The number of hydrogen-bond acceptors (Lipinski definition) is 4. The van der Waals surface area contributed by atoms with Gasteiger partial charge < -0.3 is 9.47 Å². The van der Waals surface area contributed by atoms with Gasteiger partial charge in [-0.2, -0.15) is 5.26 Å². The third-order valence-corrected chi connectivity index (χ3v) is 5.30. The summed E-state index contributed by atoms with van der Waals surface area (Å²) in [5.74, 6) is -1.39. The fraction of sp³-hybridized carbons (Fsp3) is 0.273. The van der Waals surface area contributed by atoms with Crippen LogP contribution in [0.25, 0.3) is 0 Å².